The summed E-state index contributed by atoms with van der Waals surface area (Å²) in [5.41, 5.74) is 1.10. The number of halogens is 1. The first-order chi connectivity index (χ1) is 11.7. The number of anilines is 1. The summed E-state index contributed by atoms with van der Waals surface area (Å²) >= 11 is 7.78. The molecule has 24 heavy (non-hydrogen) atoms. The number of hydrogen-bond acceptors (Lipinski definition) is 5. The Morgan fingerprint density at radius 2 is 2.29 bits per heavy atom. The van der Waals surface area contributed by atoms with Crippen molar-refractivity contribution in [2.45, 2.75) is 12.5 Å². The highest BCUT2D eigenvalue weighted by Gasteiger charge is 2.18. The Labute approximate surface area is 149 Å². The smallest absolute Gasteiger partial charge is 0.257 e. The van der Waals surface area contributed by atoms with Gasteiger partial charge in [0.15, 0.2) is 0 Å². The number of nitriles is 1. The van der Waals surface area contributed by atoms with Gasteiger partial charge in [0.2, 0.25) is 5.88 Å². The number of carbonyl (C=O) groups excluding carboxylic acids is 1. The number of rotatable bonds is 4. The van der Waals surface area contributed by atoms with E-state index in [4.69, 9.17) is 21.6 Å². The van der Waals surface area contributed by atoms with Gasteiger partial charge in [0, 0.05) is 23.0 Å². The molecule has 1 atom stereocenters. The van der Waals surface area contributed by atoms with Crippen LogP contribution in [0.1, 0.15) is 22.3 Å². The van der Waals surface area contributed by atoms with Crippen LogP contribution in [-0.4, -0.2) is 28.5 Å². The highest BCUT2D eigenvalue weighted by Crippen LogP contribution is 2.23. The molecule has 2 heterocycles. The minimum atomic E-state index is -0.357. The SMILES string of the molecule is N#Cc1ccc(Cl)cc1NC(=O)c1ccc(OC2CCSC2)nc1. The predicted molar refractivity (Wildman–Crippen MR) is 94.7 cm³/mol. The van der Waals surface area contributed by atoms with E-state index in [0.29, 0.717) is 27.7 Å². The molecule has 5 nitrogen and oxygen atoms in total. The second-order valence-electron chi connectivity index (χ2n) is 5.24. The fourth-order valence-electron chi connectivity index (χ4n) is 2.27. The van der Waals surface area contributed by atoms with Crippen molar-refractivity contribution in [2.75, 3.05) is 16.8 Å². The molecule has 1 unspecified atom stereocenters. The lowest BCUT2D eigenvalue weighted by Gasteiger charge is -2.12. The fourth-order valence-corrected chi connectivity index (χ4v) is 3.54. The van der Waals surface area contributed by atoms with E-state index >= 15 is 0 Å². The highest BCUT2D eigenvalue weighted by molar-refractivity contribution is 7.99. The van der Waals surface area contributed by atoms with Gasteiger partial charge in [-0.05, 0) is 36.4 Å². The number of pyridine rings is 1. The average molecular weight is 360 g/mol. The number of nitrogens with one attached hydrogen (secondary N) is 1. The molecule has 1 aromatic carbocycles. The van der Waals surface area contributed by atoms with E-state index in [1.54, 1.807) is 30.3 Å². The zero-order valence-electron chi connectivity index (χ0n) is 12.7. The first kappa shape index (κ1) is 16.6. The summed E-state index contributed by atoms with van der Waals surface area (Å²) in [4.78, 5) is 16.5. The van der Waals surface area contributed by atoms with E-state index < -0.39 is 0 Å². The van der Waals surface area contributed by atoms with E-state index in [0.717, 1.165) is 17.9 Å². The van der Waals surface area contributed by atoms with E-state index in [1.807, 2.05) is 17.8 Å². The number of carbonyl (C=O) groups is 1. The number of thioether (sulfide) groups is 1. The molecule has 7 heteroatoms. The summed E-state index contributed by atoms with van der Waals surface area (Å²) in [5.74, 6) is 2.23. The van der Waals surface area contributed by atoms with Crippen molar-refractivity contribution < 1.29 is 9.53 Å². The predicted octanol–water partition coefficient (Wildman–Crippen LogP) is 3.74. The molecule has 1 amide bonds. The monoisotopic (exact) mass is 359 g/mol. The van der Waals surface area contributed by atoms with Crippen molar-refractivity contribution in [1.29, 1.82) is 5.26 Å². The Morgan fingerprint density at radius 3 is 2.96 bits per heavy atom. The van der Waals surface area contributed by atoms with Crippen molar-refractivity contribution in [3.05, 3.63) is 52.7 Å². The van der Waals surface area contributed by atoms with Crippen LogP contribution < -0.4 is 10.1 Å². The number of amides is 1. The first-order valence-electron chi connectivity index (χ1n) is 7.37. The number of nitrogens with zero attached hydrogens (tertiary/aromatic N) is 2. The molecular weight excluding hydrogens is 346 g/mol. The number of aromatic nitrogens is 1. The van der Waals surface area contributed by atoms with Crippen LogP contribution >= 0.6 is 23.4 Å². The average Bonchev–Trinajstić information content (AvgIpc) is 3.09. The topological polar surface area (TPSA) is 75.0 Å². The van der Waals surface area contributed by atoms with Gasteiger partial charge in [-0.3, -0.25) is 4.79 Å². The van der Waals surface area contributed by atoms with Crippen LogP contribution in [0.3, 0.4) is 0 Å². The van der Waals surface area contributed by atoms with Crippen LogP contribution in [0, 0.1) is 11.3 Å². The largest absolute Gasteiger partial charge is 0.473 e. The van der Waals surface area contributed by atoms with Crippen LogP contribution in [0.2, 0.25) is 5.02 Å². The van der Waals surface area contributed by atoms with E-state index in [9.17, 15) is 4.79 Å². The number of hydrogen-bond donors (Lipinski definition) is 1. The molecule has 1 aliphatic heterocycles. The maximum Gasteiger partial charge on any atom is 0.257 e. The molecule has 0 aliphatic carbocycles. The van der Waals surface area contributed by atoms with Crippen molar-refractivity contribution in [3.63, 3.8) is 0 Å². The molecule has 0 bridgehead atoms. The van der Waals surface area contributed by atoms with Crippen LogP contribution in [0.25, 0.3) is 0 Å². The Balaban J connectivity index is 1.69. The van der Waals surface area contributed by atoms with Gasteiger partial charge < -0.3 is 10.1 Å². The van der Waals surface area contributed by atoms with Crippen LogP contribution in [0.15, 0.2) is 36.5 Å². The number of benzene rings is 1. The number of ether oxygens (including phenoxy) is 1. The Kier molecular flexibility index (Phi) is 5.24. The summed E-state index contributed by atoms with van der Waals surface area (Å²) in [6, 6.07) is 10.1. The summed E-state index contributed by atoms with van der Waals surface area (Å²) in [7, 11) is 0. The minimum Gasteiger partial charge on any atom is -0.473 e. The molecule has 1 fully saturated rings. The second kappa shape index (κ2) is 7.56. The summed E-state index contributed by atoms with van der Waals surface area (Å²) in [6.45, 7) is 0. The van der Waals surface area contributed by atoms with Gasteiger partial charge in [-0.25, -0.2) is 4.98 Å². The van der Waals surface area contributed by atoms with Crippen molar-refractivity contribution in [2.24, 2.45) is 0 Å². The van der Waals surface area contributed by atoms with Gasteiger partial charge >= 0.3 is 0 Å². The second-order valence-corrected chi connectivity index (χ2v) is 6.83. The standard InChI is InChI=1S/C17H14ClN3O2S/c18-13-3-1-11(8-19)15(7-13)21-17(22)12-2-4-16(20-9-12)23-14-5-6-24-10-14/h1-4,7,9,14H,5-6,10H2,(H,21,22). The molecule has 1 N–H and O–H groups in total. The van der Waals surface area contributed by atoms with Gasteiger partial charge in [0.25, 0.3) is 5.91 Å². The molecule has 1 aromatic heterocycles. The summed E-state index contributed by atoms with van der Waals surface area (Å²) in [5, 5.41) is 12.2. The normalized spacial score (nSPS) is 16.4. The first-order valence-corrected chi connectivity index (χ1v) is 8.90. The Bertz CT molecular complexity index is 783. The van der Waals surface area contributed by atoms with Gasteiger partial charge in [-0.15, -0.1) is 0 Å². The zero-order chi connectivity index (χ0) is 16.9. The zero-order valence-corrected chi connectivity index (χ0v) is 14.2. The lowest BCUT2D eigenvalue weighted by atomic mass is 10.2. The molecule has 3 rings (SSSR count). The Morgan fingerprint density at radius 1 is 1.42 bits per heavy atom. The van der Waals surface area contributed by atoms with Crippen LogP contribution in [-0.2, 0) is 0 Å². The third kappa shape index (κ3) is 3.99. The van der Waals surface area contributed by atoms with E-state index in [1.165, 1.54) is 6.20 Å². The maximum absolute atomic E-state index is 12.3. The third-order valence-electron chi connectivity index (χ3n) is 3.52. The third-order valence-corrected chi connectivity index (χ3v) is 4.89. The van der Waals surface area contributed by atoms with Gasteiger partial charge in [0.1, 0.15) is 12.2 Å². The summed E-state index contributed by atoms with van der Waals surface area (Å²) < 4.78 is 5.76. The van der Waals surface area contributed by atoms with Crippen molar-refractivity contribution in [1.82, 2.24) is 4.98 Å². The molecule has 0 saturated carbocycles. The Hall–Kier alpha value is -2.23. The molecule has 2 aromatic rings. The van der Waals surface area contributed by atoms with Crippen molar-refractivity contribution in [3.8, 4) is 11.9 Å². The van der Waals surface area contributed by atoms with Crippen LogP contribution in [0.4, 0.5) is 5.69 Å². The molecule has 122 valence electrons. The maximum atomic E-state index is 12.3. The lowest BCUT2D eigenvalue weighted by molar-refractivity contribution is 0.102. The van der Waals surface area contributed by atoms with Crippen LogP contribution in [0.5, 0.6) is 5.88 Å². The molecule has 0 radical (unpaired) electrons. The molecule has 1 saturated heterocycles. The molecular formula is C17H14ClN3O2S. The molecule has 0 spiro atoms. The van der Waals surface area contributed by atoms with Gasteiger partial charge in [-0.2, -0.15) is 17.0 Å². The summed E-state index contributed by atoms with van der Waals surface area (Å²) in [6.07, 6.45) is 2.66. The lowest BCUT2D eigenvalue weighted by Crippen LogP contribution is -2.16. The van der Waals surface area contributed by atoms with E-state index in [2.05, 4.69) is 10.3 Å². The van der Waals surface area contributed by atoms with Gasteiger partial charge in [0.05, 0.1) is 16.8 Å². The van der Waals surface area contributed by atoms with Crippen molar-refractivity contribution >= 4 is 35.0 Å². The fraction of sp³-hybridized carbons (Fsp3) is 0.235. The highest BCUT2D eigenvalue weighted by atomic mass is 35.5. The minimum absolute atomic E-state index is 0.187. The van der Waals surface area contributed by atoms with E-state index in [-0.39, 0.29) is 12.0 Å². The van der Waals surface area contributed by atoms with Gasteiger partial charge in [-0.1, -0.05) is 11.6 Å². The molecule has 1 aliphatic rings. The quantitative estimate of drug-likeness (QED) is 0.899.